The summed E-state index contributed by atoms with van der Waals surface area (Å²) in [5.41, 5.74) is -2.13. The van der Waals surface area contributed by atoms with Crippen molar-refractivity contribution < 1.29 is 40.7 Å². The third-order valence-corrected chi connectivity index (χ3v) is 5.47. The van der Waals surface area contributed by atoms with Crippen LogP contribution in [0.15, 0.2) is 36.5 Å². The molecular weight excluding hydrogens is 492 g/mol. The minimum Gasteiger partial charge on any atom is -0.455 e. The third kappa shape index (κ3) is 6.52. The highest BCUT2D eigenvalue weighted by Crippen LogP contribution is 2.34. The van der Waals surface area contributed by atoms with E-state index in [0.29, 0.717) is 37.8 Å². The van der Waals surface area contributed by atoms with E-state index in [0.717, 1.165) is 24.4 Å². The minimum absolute atomic E-state index is 0.114. The molecular formula is C21H18ClF6N3O3. The number of hydrogen-bond acceptors (Lipinski definition) is 5. The predicted molar refractivity (Wildman–Crippen MR) is 110 cm³/mol. The second kappa shape index (κ2) is 10.1. The molecule has 1 fully saturated rings. The Bertz CT molecular complexity index is 1040. The van der Waals surface area contributed by atoms with Crippen LogP contribution >= 0.6 is 11.6 Å². The molecule has 0 aliphatic carbocycles. The number of amides is 1. The number of alkyl halides is 6. The summed E-state index contributed by atoms with van der Waals surface area (Å²) >= 11 is 5.81. The lowest BCUT2D eigenvalue weighted by Crippen LogP contribution is -2.38. The highest BCUT2D eigenvalue weighted by molar-refractivity contribution is 6.33. The van der Waals surface area contributed by atoms with Gasteiger partial charge in [-0.25, -0.2) is 4.98 Å². The zero-order valence-corrected chi connectivity index (χ0v) is 18.1. The van der Waals surface area contributed by atoms with E-state index in [1.165, 1.54) is 6.07 Å². The number of hydrogen-bond donors (Lipinski definition) is 1. The molecule has 1 saturated heterocycles. The number of nitrogens with zero attached hydrogens (tertiary/aromatic N) is 2. The Hall–Kier alpha value is -3.02. The first kappa shape index (κ1) is 25.6. The number of esters is 1. The van der Waals surface area contributed by atoms with Crippen molar-refractivity contribution in [1.82, 2.24) is 4.98 Å². The topological polar surface area (TPSA) is 71.5 Å². The lowest BCUT2D eigenvalue weighted by atomic mass is 9.97. The summed E-state index contributed by atoms with van der Waals surface area (Å²) in [5, 5.41) is 2.07. The molecule has 0 atom stereocenters. The van der Waals surface area contributed by atoms with Crippen LogP contribution in [0.1, 0.15) is 24.0 Å². The monoisotopic (exact) mass is 509 g/mol. The largest absolute Gasteiger partial charge is 0.455 e. The van der Waals surface area contributed by atoms with Crippen molar-refractivity contribution in [1.29, 1.82) is 0 Å². The summed E-state index contributed by atoms with van der Waals surface area (Å²) in [4.78, 5) is 29.8. The molecule has 1 N–H and O–H groups in total. The molecule has 6 nitrogen and oxygen atoms in total. The predicted octanol–water partition coefficient (Wildman–Crippen LogP) is 5.17. The van der Waals surface area contributed by atoms with Crippen LogP contribution in [0, 0.1) is 5.92 Å². The number of anilines is 2. The Balaban J connectivity index is 1.48. The molecule has 0 spiro atoms. The Morgan fingerprint density at radius 2 is 1.65 bits per heavy atom. The van der Waals surface area contributed by atoms with Gasteiger partial charge in [-0.1, -0.05) is 11.6 Å². The first-order chi connectivity index (χ1) is 15.8. The van der Waals surface area contributed by atoms with Crippen molar-refractivity contribution in [3.63, 3.8) is 0 Å². The SMILES string of the molecule is O=C(COC(=O)C1CCN(c2ccc(C(F)(F)F)cn2)CC1)Nc1cc(C(F)(F)F)ccc1Cl. The number of benzene rings is 1. The van der Waals surface area contributed by atoms with Gasteiger partial charge in [-0.05, 0) is 43.2 Å². The molecule has 2 heterocycles. The van der Waals surface area contributed by atoms with E-state index in [9.17, 15) is 35.9 Å². The molecule has 0 saturated carbocycles. The van der Waals surface area contributed by atoms with Crippen LogP contribution in [0.5, 0.6) is 0 Å². The summed E-state index contributed by atoms with van der Waals surface area (Å²) in [5.74, 6) is -1.72. The normalized spacial score (nSPS) is 15.2. The van der Waals surface area contributed by atoms with E-state index in [1.807, 2.05) is 0 Å². The number of halogens is 7. The van der Waals surface area contributed by atoms with Gasteiger partial charge in [-0.15, -0.1) is 0 Å². The Morgan fingerprint density at radius 3 is 2.21 bits per heavy atom. The van der Waals surface area contributed by atoms with E-state index in [-0.39, 0.29) is 10.7 Å². The minimum atomic E-state index is -4.62. The Kier molecular flexibility index (Phi) is 7.59. The van der Waals surface area contributed by atoms with Gasteiger partial charge < -0.3 is 15.0 Å². The first-order valence-electron chi connectivity index (χ1n) is 9.96. The molecule has 1 amide bonds. The van der Waals surface area contributed by atoms with Gasteiger partial charge in [0.1, 0.15) is 5.82 Å². The summed E-state index contributed by atoms with van der Waals surface area (Å²) in [6, 6.07) is 4.62. The fraction of sp³-hybridized carbons (Fsp3) is 0.381. The fourth-order valence-electron chi connectivity index (χ4n) is 3.32. The standard InChI is InChI=1S/C21H18ClF6N3O3/c22-15-3-1-13(20(23,24)25)9-16(15)30-18(32)11-34-19(33)12-5-7-31(8-6-12)17-4-2-14(10-29-17)21(26,27)28/h1-4,9-10,12H,5-8,11H2,(H,30,32). The van der Waals surface area contributed by atoms with Crippen LogP contribution in [0.3, 0.4) is 0 Å². The van der Waals surface area contributed by atoms with Gasteiger partial charge in [0, 0.05) is 19.3 Å². The Morgan fingerprint density at radius 1 is 1.03 bits per heavy atom. The van der Waals surface area contributed by atoms with E-state index in [2.05, 4.69) is 10.3 Å². The van der Waals surface area contributed by atoms with Gasteiger partial charge in [0.05, 0.1) is 27.8 Å². The molecule has 1 aliphatic rings. The van der Waals surface area contributed by atoms with E-state index >= 15 is 0 Å². The van der Waals surface area contributed by atoms with Gasteiger partial charge >= 0.3 is 18.3 Å². The van der Waals surface area contributed by atoms with Crippen molar-refractivity contribution in [3.05, 3.63) is 52.7 Å². The van der Waals surface area contributed by atoms with E-state index in [4.69, 9.17) is 16.3 Å². The Labute approximate surface area is 194 Å². The lowest BCUT2D eigenvalue weighted by molar-refractivity contribution is -0.152. The van der Waals surface area contributed by atoms with Crippen LogP contribution in [-0.2, 0) is 26.7 Å². The van der Waals surface area contributed by atoms with E-state index in [1.54, 1.807) is 4.90 Å². The molecule has 0 radical (unpaired) electrons. The molecule has 184 valence electrons. The summed E-state index contributed by atoms with van der Waals surface area (Å²) in [7, 11) is 0. The summed E-state index contributed by atoms with van der Waals surface area (Å²) in [6.07, 6.45) is -7.72. The van der Waals surface area contributed by atoms with Crippen LogP contribution in [-0.4, -0.2) is 36.6 Å². The van der Waals surface area contributed by atoms with Crippen molar-refractivity contribution >= 4 is 35.0 Å². The smallest absolute Gasteiger partial charge is 0.417 e. The van der Waals surface area contributed by atoms with Crippen LogP contribution < -0.4 is 10.2 Å². The second-order valence-corrected chi connectivity index (χ2v) is 7.92. The van der Waals surface area contributed by atoms with Crippen LogP contribution in [0.4, 0.5) is 37.8 Å². The highest BCUT2D eigenvalue weighted by Gasteiger charge is 2.32. The van der Waals surface area contributed by atoms with Crippen molar-refractivity contribution in [2.75, 3.05) is 29.9 Å². The highest BCUT2D eigenvalue weighted by atomic mass is 35.5. The fourth-order valence-corrected chi connectivity index (χ4v) is 3.49. The molecule has 0 bridgehead atoms. The van der Waals surface area contributed by atoms with Gasteiger partial charge in [-0.3, -0.25) is 9.59 Å². The van der Waals surface area contributed by atoms with Gasteiger partial charge in [0.15, 0.2) is 6.61 Å². The number of piperidine rings is 1. The molecule has 1 aliphatic heterocycles. The third-order valence-electron chi connectivity index (χ3n) is 5.14. The molecule has 1 aromatic heterocycles. The molecule has 34 heavy (non-hydrogen) atoms. The maximum Gasteiger partial charge on any atom is 0.417 e. The molecule has 1 aromatic carbocycles. The zero-order valence-electron chi connectivity index (χ0n) is 17.3. The second-order valence-electron chi connectivity index (χ2n) is 7.51. The van der Waals surface area contributed by atoms with Crippen LogP contribution in [0.25, 0.3) is 0 Å². The average molecular weight is 510 g/mol. The number of ether oxygens (including phenoxy) is 1. The average Bonchev–Trinajstić information content (AvgIpc) is 2.78. The van der Waals surface area contributed by atoms with Gasteiger partial charge in [-0.2, -0.15) is 26.3 Å². The number of aromatic nitrogens is 1. The number of carbonyl (C=O) groups is 2. The summed E-state index contributed by atoms with van der Waals surface area (Å²) < 4.78 is 81.4. The zero-order chi connectivity index (χ0) is 25.1. The lowest BCUT2D eigenvalue weighted by Gasteiger charge is -2.31. The van der Waals surface area contributed by atoms with Gasteiger partial charge in [0.25, 0.3) is 5.91 Å². The molecule has 2 aromatic rings. The van der Waals surface area contributed by atoms with Crippen molar-refractivity contribution in [3.8, 4) is 0 Å². The molecule has 3 rings (SSSR count). The number of nitrogens with one attached hydrogen (secondary N) is 1. The maximum absolute atomic E-state index is 12.8. The number of carbonyl (C=O) groups excluding carboxylic acids is 2. The van der Waals surface area contributed by atoms with Crippen molar-refractivity contribution in [2.45, 2.75) is 25.2 Å². The van der Waals surface area contributed by atoms with Crippen molar-refractivity contribution in [2.24, 2.45) is 5.92 Å². The molecule has 0 unspecified atom stereocenters. The molecule has 13 heteroatoms. The van der Waals surface area contributed by atoms with Crippen LogP contribution in [0.2, 0.25) is 5.02 Å². The first-order valence-corrected chi connectivity index (χ1v) is 10.3. The summed E-state index contributed by atoms with van der Waals surface area (Å²) in [6.45, 7) is -0.0412. The quantitative estimate of drug-likeness (QED) is 0.445. The van der Waals surface area contributed by atoms with Gasteiger partial charge in [0.2, 0.25) is 0 Å². The number of rotatable bonds is 5. The number of pyridine rings is 1. The van der Waals surface area contributed by atoms with E-state index < -0.39 is 47.9 Å². The maximum atomic E-state index is 12.8.